The van der Waals surface area contributed by atoms with Gasteiger partial charge in [-0.3, -0.25) is 10.1 Å². The van der Waals surface area contributed by atoms with E-state index in [4.69, 9.17) is 14.2 Å². The molecule has 0 atom stereocenters. The number of hydrogen-bond acceptors (Lipinski definition) is 5. The van der Waals surface area contributed by atoms with Gasteiger partial charge < -0.3 is 19.1 Å². The summed E-state index contributed by atoms with van der Waals surface area (Å²) in [5.41, 5.74) is 2.61. The van der Waals surface area contributed by atoms with Gasteiger partial charge in [-0.05, 0) is 68.7 Å². The lowest BCUT2D eigenvalue weighted by molar-refractivity contribution is 0.0634. The van der Waals surface area contributed by atoms with Gasteiger partial charge in [0.1, 0.15) is 5.60 Å². The highest BCUT2D eigenvalue weighted by Gasteiger charge is 2.24. The van der Waals surface area contributed by atoms with Gasteiger partial charge in [-0.1, -0.05) is 6.07 Å². The Balaban J connectivity index is 1.74. The number of rotatable bonds is 4. The van der Waals surface area contributed by atoms with E-state index < -0.39 is 11.7 Å². The zero-order chi connectivity index (χ0) is 21.9. The van der Waals surface area contributed by atoms with Gasteiger partial charge in [0.15, 0.2) is 11.5 Å². The largest absolute Gasteiger partial charge is 0.493 e. The van der Waals surface area contributed by atoms with Crippen LogP contribution in [0.3, 0.4) is 0 Å². The first-order valence-electron chi connectivity index (χ1n) is 9.83. The molecule has 3 rings (SSSR count). The quantitative estimate of drug-likeness (QED) is 0.812. The summed E-state index contributed by atoms with van der Waals surface area (Å²) in [4.78, 5) is 26.9. The first-order chi connectivity index (χ1) is 14.2. The third-order valence-corrected chi connectivity index (χ3v) is 4.76. The zero-order valence-corrected chi connectivity index (χ0v) is 18.1. The maximum atomic E-state index is 13.1. The summed E-state index contributed by atoms with van der Waals surface area (Å²) in [6.45, 7) is 6.48. The summed E-state index contributed by atoms with van der Waals surface area (Å²) in [5, 5.41) is 2.68. The molecule has 7 nitrogen and oxygen atoms in total. The van der Waals surface area contributed by atoms with E-state index in [2.05, 4.69) is 5.32 Å². The van der Waals surface area contributed by atoms with Crippen LogP contribution in [0.4, 0.5) is 10.5 Å². The van der Waals surface area contributed by atoms with Crippen molar-refractivity contribution in [2.24, 2.45) is 0 Å². The molecule has 1 N–H and O–H groups in total. The van der Waals surface area contributed by atoms with Gasteiger partial charge in [0.2, 0.25) is 0 Å². The van der Waals surface area contributed by atoms with Crippen molar-refractivity contribution >= 4 is 17.7 Å². The second-order valence-corrected chi connectivity index (χ2v) is 8.16. The van der Waals surface area contributed by atoms with Crippen molar-refractivity contribution in [3.63, 3.8) is 0 Å². The summed E-state index contributed by atoms with van der Waals surface area (Å²) < 4.78 is 16.0. The molecule has 7 heteroatoms. The molecule has 0 saturated carbocycles. The van der Waals surface area contributed by atoms with Crippen molar-refractivity contribution in [1.29, 1.82) is 0 Å². The fourth-order valence-electron chi connectivity index (χ4n) is 3.39. The number of fused-ring (bicyclic) bond motifs is 1. The number of nitrogens with one attached hydrogen (secondary N) is 1. The molecule has 1 aliphatic heterocycles. The van der Waals surface area contributed by atoms with Crippen LogP contribution in [0.15, 0.2) is 36.4 Å². The van der Waals surface area contributed by atoms with Crippen molar-refractivity contribution < 1.29 is 23.8 Å². The minimum atomic E-state index is -0.595. The van der Waals surface area contributed by atoms with Crippen molar-refractivity contribution in [3.05, 3.63) is 53.1 Å². The average Bonchev–Trinajstić information content (AvgIpc) is 2.70. The lowest BCUT2D eigenvalue weighted by atomic mass is 9.98. The summed E-state index contributed by atoms with van der Waals surface area (Å²) in [5.74, 6) is 1.24. The second-order valence-electron chi connectivity index (χ2n) is 8.16. The molecule has 2 aromatic rings. The molecule has 0 saturated heterocycles. The first kappa shape index (κ1) is 21.5. The molecule has 0 spiro atoms. The predicted octanol–water partition coefficient (Wildman–Crippen LogP) is 4.25. The Kier molecular flexibility index (Phi) is 6.20. The van der Waals surface area contributed by atoms with Crippen LogP contribution >= 0.6 is 0 Å². The van der Waals surface area contributed by atoms with Gasteiger partial charge in [0.25, 0.3) is 5.91 Å². The van der Waals surface area contributed by atoms with E-state index in [1.54, 1.807) is 64.2 Å². The molecule has 160 valence electrons. The van der Waals surface area contributed by atoms with Gasteiger partial charge in [-0.15, -0.1) is 0 Å². The summed E-state index contributed by atoms with van der Waals surface area (Å²) in [6, 6.07) is 10.8. The van der Waals surface area contributed by atoms with E-state index in [-0.39, 0.29) is 5.91 Å². The van der Waals surface area contributed by atoms with Crippen LogP contribution < -0.4 is 14.8 Å². The molecule has 2 aromatic carbocycles. The Hall–Kier alpha value is -3.22. The number of amides is 2. The fraction of sp³-hybridized carbons (Fsp3) is 0.391. The highest BCUT2D eigenvalue weighted by molar-refractivity contribution is 5.96. The van der Waals surface area contributed by atoms with Crippen molar-refractivity contribution in [2.45, 2.75) is 39.3 Å². The van der Waals surface area contributed by atoms with Crippen molar-refractivity contribution in [1.82, 2.24) is 4.90 Å². The van der Waals surface area contributed by atoms with Gasteiger partial charge in [0.05, 0.1) is 14.2 Å². The predicted molar refractivity (Wildman–Crippen MR) is 114 cm³/mol. The number of nitrogens with zero attached hydrogens (tertiary/aromatic N) is 1. The number of methoxy groups -OCH3 is 2. The number of carbonyl (C=O) groups excluding carboxylic acids is 2. The molecule has 0 radical (unpaired) electrons. The molecule has 30 heavy (non-hydrogen) atoms. The van der Waals surface area contributed by atoms with Crippen LogP contribution in [0.5, 0.6) is 11.5 Å². The topological polar surface area (TPSA) is 77.1 Å². The number of carbonyl (C=O) groups is 2. The van der Waals surface area contributed by atoms with Gasteiger partial charge in [0, 0.05) is 24.3 Å². The van der Waals surface area contributed by atoms with Crippen LogP contribution in [0, 0.1) is 0 Å². The fourth-order valence-corrected chi connectivity index (χ4v) is 3.39. The van der Waals surface area contributed by atoms with E-state index in [0.29, 0.717) is 35.8 Å². The van der Waals surface area contributed by atoms with Gasteiger partial charge >= 0.3 is 6.09 Å². The standard InChI is InChI=1S/C23H28N2O5/c1-23(2,3)30-22(27)24-18-8-6-7-16(11-18)21(26)25-10-9-15-12-19(28-4)20(29-5)13-17(15)14-25/h6-8,11-13H,9-10,14H2,1-5H3,(H,24,27). The van der Waals surface area contributed by atoms with E-state index in [1.807, 2.05) is 12.1 Å². The minimum Gasteiger partial charge on any atom is -0.493 e. The molecular weight excluding hydrogens is 384 g/mol. The monoisotopic (exact) mass is 412 g/mol. The smallest absolute Gasteiger partial charge is 0.412 e. The third-order valence-electron chi connectivity index (χ3n) is 4.76. The number of anilines is 1. The van der Waals surface area contributed by atoms with E-state index in [9.17, 15) is 9.59 Å². The molecule has 1 aliphatic rings. The zero-order valence-electron chi connectivity index (χ0n) is 18.1. The Bertz CT molecular complexity index is 949. The lowest BCUT2D eigenvalue weighted by Gasteiger charge is -2.30. The molecule has 1 heterocycles. The Labute approximate surface area is 176 Å². The normalized spacial score (nSPS) is 13.3. The third kappa shape index (κ3) is 5.03. The van der Waals surface area contributed by atoms with Crippen molar-refractivity contribution in [2.75, 3.05) is 26.1 Å². The molecule has 0 aromatic heterocycles. The summed E-state index contributed by atoms with van der Waals surface area (Å²) >= 11 is 0. The first-order valence-corrected chi connectivity index (χ1v) is 9.83. The lowest BCUT2D eigenvalue weighted by Crippen LogP contribution is -2.36. The van der Waals surface area contributed by atoms with Gasteiger partial charge in [-0.25, -0.2) is 4.79 Å². The number of hydrogen-bond donors (Lipinski definition) is 1. The molecule has 2 amide bonds. The Morgan fingerprint density at radius 2 is 1.67 bits per heavy atom. The maximum Gasteiger partial charge on any atom is 0.412 e. The average molecular weight is 412 g/mol. The summed E-state index contributed by atoms with van der Waals surface area (Å²) in [6.07, 6.45) is 0.178. The van der Waals surface area contributed by atoms with Crippen LogP contribution in [0.1, 0.15) is 42.3 Å². The number of benzene rings is 2. The minimum absolute atomic E-state index is 0.0942. The molecular formula is C23H28N2O5. The van der Waals surface area contributed by atoms with E-state index >= 15 is 0 Å². The second kappa shape index (κ2) is 8.65. The number of ether oxygens (including phenoxy) is 3. The molecule has 0 fully saturated rings. The molecule has 0 aliphatic carbocycles. The SMILES string of the molecule is COc1cc2c(cc1OC)CN(C(=O)c1cccc(NC(=O)OC(C)(C)C)c1)CC2. The van der Waals surface area contributed by atoms with Gasteiger partial charge in [-0.2, -0.15) is 0 Å². The van der Waals surface area contributed by atoms with Crippen LogP contribution in [-0.2, 0) is 17.7 Å². The Morgan fingerprint density at radius 3 is 2.30 bits per heavy atom. The molecule has 0 unspecified atom stereocenters. The van der Waals surface area contributed by atoms with Crippen LogP contribution in [0.25, 0.3) is 0 Å². The van der Waals surface area contributed by atoms with Crippen molar-refractivity contribution in [3.8, 4) is 11.5 Å². The van der Waals surface area contributed by atoms with E-state index in [0.717, 1.165) is 17.5 Å². The highest BCUT2D eigenvalue weighted by atomic mass is 16.6. The molecule has 0 bridgehead atoms. The summed E-state index contributed by atoms with van der Waals surface area (Å²) in [7, 11) is 3.21. The highest BCUT2D eigenvalue weighted by Crippen LogP contribution is 2.33. The maximum absolute atomic E-state index is 13.1. The van der Waals surface area contributed by atoms with E-state index in [1.165, 1.54) is 0 Å². The van der Waals surface area contributed by atoms with Crippen LogP contribution in [-0.4, -0.2) is 43.3 Å². The van der Waals surface area contributed by atoms with Crippen LogP contribution in [0.2, 0.25) is 0 Å². The Morgan fingerprint density at radius 1 is 1.00 bits per heavy atom.